The maximum atomic E-state index is 12.8. The largest absolute Gasteiger partial charge is 0.382 e. The summed E-state index contributed by atoms with van der Waals surface area (Å²) in [7, 11) is -3.73. The van der Waals surface area contributed by atoms with Crippen LogP contribution in [0.4, 0.5) is 0 Å². The fourth-order valence-electron chi connectivity index (χ4n) is 4.09. The summed E-state index contributed by atoms with van der Waals surface area (Å²) in [4.78, 5) is 14.7. The second kappa shape index (κ2) is 9.96. The van der Waals surface area contributed by atoms with Crippen molar-refractivity contribution in [3.05, 3.63) is 40.5 Å². The standard InChI is InChI=1S/C23H33N3O4S/c1-5-30-14-6-11-24-23(27)19-9-12-26(13-10-19)22-18(4)21(31(28,29)25-22)20-8-7-16(2)17(3)15-20/h7-8,15,19H,5-6,9-14H2,1-4H3,(H,24,27). The van der Waals surface area contributed by atoms with Crippen LogP contribution in [-0.2, 0) is 19.6 Å². The summed E-state index contributed by atoms with van der Waals surface area (Å²) in [5.41, 5.74) is 3.54. The summed E-state index contributed by atoms with van der Waals surface area (Å²) < 4.78 is 35.1. The third kappa shape index (κ3) is 5.36. The molecule has 8 heteroatoms. The number of aryl methyl sites for hydroxylation is 2. The van der Waals surface area contributed by atoms with Gasteiger partial charge in [-0.25, -0.2) is 0 Å². The molecular weight excluding hydrogens is 414 g/mol. The Labute approximate surface area is 185 Å². The topological polar surface area (TPSA) is 88.1 Å². The van der Waals surface area contributed by atoms with Gasteiger partial charge in [0, 0.05) is 44.3 Å². The number of amidine groups is 1. The number of likely N-dealkylation sites (tertiary alicyclic amines) is 1. The van der Waals surface area contributed by atoms with E-state index < -0.39 is 10.0 Å². The van der Waals surface area contributed by atoms with Gasteiger partial charge in [-0.15, -0.1) is 4.40 Å². The molecule has 0 bridgehead atoms. The number of hydrogen-bond donors (Lipinski definition) is 1. The minimum Gasteiger partial charge on any atom is -0.382 e. The monoisotopic (exact) mass is 447 g/mol. The zero-order valence-electron chi connectivity index (χ0n) is 18.9. The Balaban J connectivity index is 1.64. The molecule has 1 aromatic carbocycles. The lowest BCUT2D eigenvalue weighted by molar-refractivity contribution is -0.126. The van der Waals surface area contributed by atoms with E-state index in [2.05, 4.69) is 9.71 Å². The Morgan fingerprint density at radius 1 is 1.19 bits per heavy atom. The van der Waals surface area contributed by atoms with Crippen LogP contribution in [0, 0.1) is 19.8 Å². The van der Waals surface area contributed by atoms with Crippen LogP contribution in [0.15, 0.2) is 28.2 Å². The molecule has 1 saturated heterocycles. The Morgan fingerprint density at radius 2 is 1.90 bits per heavy atom. The van der Waals surface area contributed by atoms with Crippen LogP contribution in [0.1, 0.15) is 49.8 Å². The first-order valence-electron chi connectivity index (χ1n) is 11.0. The highest BCUT2D eigenvalue weighted by Crippen LogP contribution is 2.35. The van der Waals surface area contributed by atoms with Gasteiger partial charge in [0.05, 0.1) is 0 Å². The van der Waals surface area contributed by atoms with Gasteiger partial charge < -0.3 is 15.0 Å². The average molecular weight is 448 g/mol. The van der Waals surface area contributed by atoms with Gasteiger partial charge >= 0.3 is 0 Å². The molecule has 0 atom stereocenters. The van der Waals surface area contributed by atoms with E-state index in [1.54, 1.807) is 0 Å². The van der Waals surface area contributed by atoms with E-state index in [0.29, 0.717) is 67.6 Å². The number of rotatable bonds is 7. The molecule has 0 aromatic heterocycles. The Kier molecular flexibility index (Phi) is 7.54. The number of amides is 1. The number of ether oxygens (including phenoxy) is 1. The molecule has 170 valence electrons. The average Bonchev–Trinajstić information content (AvgIpc) is 2.98. The minimum atomic E-state index is -3.73. The van der Waals surface area contributed by atoms with E-state index in [4.69, 9.17) is 4.74 Å². The zero-order chi connectivity index (χ0) is 22.6. The summed E-state index contributed by atoms with van der Waals surface area (Å²) >= 11 is 0. The van der Waals surface area contributed by atoms with E-state index in [0.717, 1.165) is 17.5 Å². The van der Waals surface area contributed by atoms with Crippen molar-refractivity contribution in [1.82, 2.24) is 10.2 Å². The van der Waals surface area contributed by atoms with Gasteiger partial charge in [0.15, 0.2) is 0 Å². The molecule has 1 aromatic rings. The van der Waals surface area contributed by atoms with Crippen molar-refractivity contribution in [3.8, 4) is 0 Å². The third-order valence-electron chi connectivity index (χ3n) is 6.04. The van der Waals surface area contributed by atoms with Crippen LogP contribution in [0.3, 0.4) is 0 Å². The maximum Gasteiger partial charge on any atom is 0.285 e. The predicted octanol–water partition coefficient (Wildman–Crippen LogP) is 3.03. The number of piperidine rings is 1. The van der Waals surface area contributed by atoms with Crippen LogP contribution >= 0.6 is 0 Å². The number of nitrogens with zero attached hydrogens (tertiary/aromatic N) is 2. The molecule has 0 unspecified atom stereocenters. The highest BCUT2D eigenvalue weighted by atomic mass is 32.2. The second-order valence-electron chi connectivity index (χ2n) is 8.25. The molecule has 0 saturated carbocycles. The summed E-state index contributed by atoms with van der Waals surface area (Å²) in [5.74, 6) is 0.537. The first kappa shape index (κ1) is 23.5. The van der Waals surface area contributed by atoms with Gasteiger partial charge in [0.25, 0.3) is 10.0 Å². The molecule has 31 heavy (non-hydrogen) atoms. The molecular formula is C23H33N3O4S. The number of hydrogen-bond acceptors (Lipinski definition) is 5. The Bertz CT molecular complexity index is 990. The van der Waals surface area contributed by atoms with E-state index >= 15 is 0 Å². The molecule has 3 rings (SSSR count). The summed E-state index contributed by atoms with van der Waals surface area (Å²) in [5, 5.41) is 2.98. The number of carbonyl (C=O) groups excluding carboxylic acids is 1. The van der Waals surface area contributed by atoms with E-state index in [-0.39, 0.29) is 11.8 Å². The highest BCUT2D eigenvalue weighted by molar-refractivity contribution is 8.00. The van der Waals surface area contributed by atoms with Crippen LogP contribution in [-0.4, -0.2) is 57.9 Å². The predicted molar refractivity (Wildman–Crippen MR) is 123 cm³/mol. The van der Waals surface area contributed by atoms with Crippen molar-refractivity contribution >= 4 is 26.7 Å². The fraction of sp³-hybridized carbons (Fsp3) is 0.565. The lowest BCUT2D eigenvalue weighted by Gasteiger charge is -2.32. The first-order chi connectivity index (χ1) is 14.7. The second-order valence-corrected chi connectivity index (χ2v) is 9.79. The van der Waals surface area contributed by atoms with E-state index in [1.807, 2.05) is 50.8 Å². The molecule has 0 radical (unpaired) electrons. The number of benzene rings is 1. The van der Waals surface area contributed by atoms with E-state index in [9.17, 15) is 13.2 Å². The SMILES string of the molecule is CCOCCCNC(=O)C1CCN(C2=NS(=O)(=O)C(c3ccc(C)c(C)c3)=C2C)CC1. The van der Waals surface area contributed by atoms with Gasteiger partial charge in [-0.3, -0.25) is 4.79 Å². The first-order valence-corrected chi connectivity index (χ1v) is 12.4. The highest BCUT2D eigenvalue weighted by Gasteiger charge is 2.35. The summed E-state index contributed by atoms with van der Waals surface area (Å²) in [6, 6.07) is 5.70. The van der Waals surface area contributed by atoms with Crippen molar-refractivity contribution in [3.63, 3.8) is 0 Å². The van der Waals surface area contributed by atoms with Gasteiger partial charge in [-0.05, 0) is 63.6 Å². The smallest absolute Gasteiger partial charge is 0.285 e. The van der Waals surface area contributed by atoms with Crippen molar-refractivity contribution < 1.29 is 17.9 Å². The van der Waals surface area contributed by atoms with Gasteiger partial charge in [0.2, 0.25) is 5.91 Å². The molecule has 1 amide bonds. The normalized spacial score (nSPS) is 19.0. The van der Waals surface area contributed by atoms with Crippen LogP contribution in [0.5, 0.6) is 0 Å². The lowest BCUT2D eigenvalue weighted by atomic mass is 9.95. The van der Waals surface area contributed by atoms with Crippen molar-refractivity contribution in [2.45, 2.75) is 47.0 Å². The fourth-order valence-corrected chi connectivity index (χ4v) is 5.57. The van der Waals surface area contributed by atoms with Crippen LogP contribution in [0.2, 0.25) is 0 Å². The lowest BCUT2D eigenvalue weighted by Crippen LogP contribution is -2.43. The number of carbonyl (C=O) groups is 1. The summed E-state index contributed by atoms with van der Waals surface area (Å²) in [6.07, 6.45) is 2.17. The molecule has 7 nitrogen and oxygen atoms in total. The molecule has 2 aliphatic rings. The summed E-state index contributed by atoms with van der Waals surface area (Å²) in [6.45, 7) is 10.9. The number of sulfonamides is 1. The third-order valence-corrected chi connectivity index (χ3v) is 7.51. The van der Waals surface area contributed by atoms with Crippen LogP contribution < -0.4 is 5.32 Å². The maximum absolute atomic E-state index is 12.8. The number of nitrogens with one attached hydrogen (secondary N) is 1. The van der Waals surface area contributed by atoms with Gasteiger partial charge in [0.1, 0.15) is 10.7 Å². The molecule has 0 aliphatic carbocycles. The Morgan fingerprint density at radius 3 is 2.55 bits per heavy atom. The van der Waals surface area contributed by atoms with Crippen molar-refractivity contribution in [2.75, 3.05) is 32.8 Å². The quantitative estimate of drug-likeness (QED) is 0.649. The Hall–Kier alpha value is -2.19. The molecule has 1 fully saturated rings. The van der Waals surface area contributed by atoms with Gasteiger partial charge in [-0.1, -0.05) is 18.2 Å². The van der Waals surface area contributed by atoms with Crippen LogP contribution in [0.25, 0.3) is 4.91 Å². The molecule has 0 spiro atoms. The molecule has 2 aliphatic heterocycles. The van der Waals surface area contributed by atoms with Crippen molar-refractivity contribution in [2.24, 2.45) is 10.3 Å². The van der Waals surface area contributed by atoms with Crippen molar-refractivity contribution in [1.29, 1.82) is 0 Å². The van der Waals surface area contributed by atoms with E-state index in [1.165, 1.54) is 0 Å². The molecule has 1 N–H and O–H groups in total. The zero-order valence-corrected chi connectivity index (χ0v) is 19.7. The minimum absolute atomic E-state index is 0.0505. The molecule has 2 heterocycles. The van der Waals surface area contributed by atoms with Gasteiger partial charge in [-0.2, -0.15) is 8.42 Å².